The lowest BCUT2D eigenvalue weighted by atomic mass is 9.89. The Morgan fingerprint density at radius 2 is 1.83 bits per heavy atom. The van der Waals surface area contributed by atoms with Crippen molar-refractivity contribution in [2.45, 2.75) is 31.5 Å². The van der Waals surface area contributed by atoms with Crippen LogP contribution in [0.5, 0.6) is 0 Å². The van der Waals surface area contributed by atoms with E-state index in [0.717, 1.165) is 11.1 Å². The number of nitrogens with one attached hydrogen (secondary N) is 1. The van der Waals surface area contributed by atoms with E-state index in [1.54, 1.807) is 12.1 Å². The Bertz CT molecular complexity index is 925. The van der Waals surface area contributed by atoms with Crippen LogP contribution in [0.3, 0.4) is 0 Å². The summed E-state index contributed by atoms with van der Waals surface area (Å²) in [7, 11) is 0. The zero-order valence-corrected chi connectivity index (χ0v) is 18.1. The van der Waals surface area contributed by atoms with Crippen LogP contribution in [0.25, 0.3) is 0 Å². The number of amides is 1. The highest BCUT2D eigenvalue weighted by Gasteiger charge is 2.50. The largest absolute Gasteiger partial charge is 0.477 e. The number of carbonyl (C=O) groups excluding carboxylic acids is 1. The molecule has 0 bridgehead atoms. The molecule has 2 aromatic carbocycles. The van der Waals surface area contributed by atoms with Crippen LogP contribution < -0.4 is 5.32 Å². The van der Waals surface area contributed by atoms with Gasteiger partial charge in [-0.05, 0) is 17.7 Å². The molecule has 1 heterocycles. The molecule has 0 radical (unpaired) electrons. The average molecular weight is 452 g/mol. The van der Waals surface area contributed by atoms with Gasteiger partial charge in [-0.3, -0.25) is 4.79 Å². The molecular formula is C22H25Cl2N2O4+. The van der Waals surface area contributed by atoms with Crippen molar-refractivity contribution in [2.24, 2.45) is 0 Å². The van der Waals surface area contributed by atoms with Gasteiger partial charge < -0.3 is 20.0 Å². The number of rotatable bonds is 7. The highest BCUT2D eigenvalue weighted by Crippen LogP contribution is 2.43. The van der Waals surface area contributed by atoms with Crippen LogP contribution in [0.4, 0.5) is 0 Å². The van der Waals surface area contributed by atoms with E-state index in [-0.39, 0.29) is 23.5 Å². The van der Waals surface area contributed by atoms with Gasteiger partial charge in [0.25, 0.3) is 0 Å². The maximum absolute atomic E-state index is 12.2. The molecule has 1 saturated heterocycles. The summed E-state index contributed by atoms with van der Waals surface area (Å²) in [5, 5.41) is 23.8. The third-order valence-electron chi connectivity index (χ3n) is 5.64. The van der Waals surface area contributed by atoms with E-state index in [1.807, 2.05) is 36.4 Å². The lowest BCUT2D eigenvalue weighted by Gasteiger charge is -2.44. The third-order valence-corrected chi connectivity index (χ3v) is 6.38. The first kappa shape index (κ1) is 22.6. The summed E-state index contributed by atoms with van der Waals surface area (Å²) in [4.78, 5) is 24.0. The van der Waals surface area contributed by atoms with Crippen molar-refractivity contribution in [1.82, 2.24) is 5.32 Å². The Morgan fingerprint density at radius 1 is 1.13 bits per heavy atom. The van der Waals surface area contributed by atoms with Crippen LogP contribution in [0.2, 0.25) is 10.0 Å². The minimum atomic E-state index is -0.969. The molecule has 8 heteroatoms. The maximum Gasteiger partial charge on any atom is 0.359 e. The molecule has 30 heavy (non-hydrogen) atoms. The SMILES string of the molecule is CC(=O)N[C@@H](c1ccccc1)C(c1ccc(Cl)c(Cl)c1)[N+]1(CC(=O)O)CC[C@H](O)C1. The van der Waals surface area contributed by atoms with Crippen molar-refractivity contribution in [3.05, 3.63) is 69.7 Å². The second kappa shape index (κ2) is 9.35. The number of benzene rings is 2. The molecule has 1 fully saturated rings. The Morgan fingerprint density at radius 3 is 2.37 bits per heavy atom. The highest BCUT2D eigenvalue weighted by molar-refractivity contribution is 6.42. The summed E-state index contributed by atoms with van der Waals surface area (Å²) in [6.07, 6.45) is -0.143. The Hall–Kier alpha value is -2.12. The Labute approximate surface area is 185 Å². The molecule has 3 N–H and O–H groups in total. The average Bonchev–Trinajstić information content (AvgIpc) is 3.04. The summed E-state index contributed by atoms with van der Waals surface area (Å²) >= 11 is 12.4. The number of aliphatic hydroxyl groups excluding tert-OH is 1. The second-order valence-electron chi connectivity index (χ2n) is 7.83. The van der Waals surface area contributed by atoms with E-state index in [9.17, 15) is 19.8 Å². The number of carboxylic acids is 1. The number of aliphatic carboxylic acids is 1. The maximum atomic E-state index is 12.2. The predicted octanol–water partition coefficient (Wildman–Crippen LogP) is 3.58. The van der Waals surface area contributed by atoms with Crippen LogP contribution in [0.15, 0.2) is 48.5 Å². The standard InChI is InChI=1S/C22H24Cl2N2O4/c1-14(27)25-21(15-5-3-2-4-6-15)22(16-7-8-18(23)19(24)11-16)26(13-20(29)30)10-9-17(28)12-26/h2-8,11,17,21-22,28H,9-10,12-13H2,1H3,(H-,25,27,29,30)/p+1/t17-,21-,22?,26?/m0/s1. The van der Waals surface area contributed by atoms with E-state index in [2.05, 4.69) is 5.32 Å². The molecule has 1 aliphatic rings. The molecule has 0 spiro atoms. The fourth-order valence-electron chi connectivity index (χ4n) is 4.52. The summed E-state index contributed by atoms with van der Waals surface area (Å²) < 4.78 is 0.0916. The van der Waals surface area contributed by atoms with Gasteiger partial charge in [0.15, 0.2) is 6.54 Å². The fourth-order valence-corrected chi connectivity index (χ4v) is 4.82. The van der Waals surface area contributed by atoms with Gasteiger partial charge in [0.1, 0.15) is 24.7 Å². The van der Waals surface area contributed by atoms with E-state index >= 15 is 0 Å². The smallest absolute Gasteiger partial charge is 0.359 e. The number of aliphatic hydroxyl groups is 1. The van der Waals surface area contributed by atoms with E-state index in [1.165, 1.54) is 6.92 Å². The number of carboxylic acid groups (broad SMARTS) is 1. The van der Waals surface area contributed by atoms with Crippen LogP contribution in [0.1, 0.15) is 36.6 Å². The molecule has 4 atom stereocenters. The van der Waals surface area contributed by atoms with Gasteiger partial charge in [-0.15, -0.1) is 0 Å². The lowest BCUT2D eigenvalue weighted by molar-refractivity contribution is -0.943. The Balaban J connectivity index is 2.22. The van der Waals surface area contributed by atoms with Crippen molar-refractivity contribution in [3.63, 3.8) is 0 Å². The molecule has 0 saturated carbocycles. The molecule has 1 aliphatic heterocycles. The Kier molecular flexibility index (Phi) is 7.03. The predicted molar refractivity (Wildman–Crippen MR) is 115 cm³/mol. The second-order valence-corrected chi connectivity index (χ2v) is 8.64. The lowest BCUT2D eigenvalue weighted by Crippen LogP contribution is -2.56. The molecule has 0 aliphatic carbocycles. The summed E-state index contributed by atoms with van der Waals surface area (Å²) in [6.45, 7) is 1.97. The quantitative estimate of drug-likeness (QED) is 0.561. The van der Waals surface area contributed by atoms with Crippen LogP contribution in [0, 0.1) is 0 Å². The molecule has 1 amide bonds. The first-order valence-electron chi connectivity index (χ1n) is 9.74. The topological polar surface area (TPSA) is 86.6 Å². The first-order valence-corrected chi connectivity index (χ1v) is 10.5. The fraction of sp³-hybridized carbons (Fsp3) is 0.364. The van der Waals surface area contributed by atoms with Gasteiger partial charge in [-0.2, -0.15) is 0 Å². The van der Waals surface area contributed by atoms with Crippen LogP contribution in [-0.4, -0.2) is 52.3 Å². The summed E-state index contributed by atoms with van der Waals surface area (Å²) in [5.74, 6) is -1.20. The molecule has 2 aromatic rings. The molecular weight excluding hydrogens is 427 g/mol. The van der Waals surface area contributed by atoms with Gasteiger partial charge in [-0.1, -0.05) is 59.6 Å². The van der Waals surface area contributed by atoms with Gasteiger partial charge in [-0.25, -0.2) is 4.79 Å². The third kappa shape index (κ3) is 4.95. The summed E-state index contributed by atoms with van der Waals surface area (Å²) in [6, 6.07) is 13.6. The van der Waals surface area contributed by atoms with Crippen molar-refractivity contribution in [2.75, 3.05) is 19.6 Å². The zero-order chi connectivity index (χ0) is 21.9. The number of hydrogen-bond donors (Lipinski definition) is 3. The molecule has 3 rings (SSSR count). The highest BCUT2D eigenvalue weighted by atomic mass is 35.5. The number of likely N-dealkylation sites (tertiary alicyclic amines) is 1. The summed E-state index contributed by atoms with van der Waals surface area (Å²) in [5.41, 5.74) is 1.59. The van der Waals surface area contributed by atoms with E-state index < -0.39 is 24.2 Å². The van der Waals surface area contributed by atoms with Gasteiger partial charge >= 0.3 is 5.97 Å². The number of hydrogen-bond acceptors (Lipinski definition) is 3. The number of nitrogens with zero attached hydrogens (tertiary/aromatic N) is 1. The monoisotopic (exact) mass is 451 g/mol. The van der Waals surface area contributed by atoms with Crippen molar-refractivity contribution in [1.29, 1.82) is 0 Å². The zero-order valence-electron chi connectivity index (χ0n) is 16.6. The molecule has 2 unspecified atom stereocenters. The number of quaternary nitrogens is 1. The normalized spacial score (nSPS) is 23.0. The van der Waals surface area contributed by atoms with Crippen molar-refractivity contribution >= 4 is 35.1 Å². The molecule has 160 valence electrons. The van der Waals surface area contributed by atoms with E-state index in [4.69, 9.17) is 23.2 Å². The molecule has 6 nitrogen and oxygen atoms in total. The number of carbonyl (C=O) groups is 2. The minimum absolute atomic E-state index is 0.0916. The van der Waals surface area contributed by atoms with Crippen molar-refractivity contribution in [3.8, 4) is 0 Å². The molecule has 0 aromatic heterocycles. The van der Waals surface area contributed by atoms with Gasteiger partial charge in [0, 0.05) is 18.9 Å². The van der Waals surface area contributed by atoms with Crippen LogP contribution in [-0.2, 0) is 9.59 Å². The minimum Gasteiger partial charge on any atom is -0.477 e. The van der Waals surface area contributed by atoms with Crippen molar-refractivity contribution < 1.29 is 24.3 Å². The first-order chi connectivity index (χ1) is 14.2. The van der Waals surface area contributed by atoms with Gasteiger partial charge in [0.2, 0.25) is 5.91 Å². The number of halogens is 2. The van der Waals surface area contributed by atoms with E-state index in [0.29, 0.717) is 23.0 Å². The van der Waals surface area contributed by atoms with Gasteiger partial charge in [0.05, 0.1) is 16.6 Å². The van der Waals surface area contributed by atoms with Crippen LogP contribution >= 0.6 is 23.2 Å².